The predicted octanol–water partition coefficient (Wildman–Crippen LogP) is 5.80. The van der Waals surface area contributed by atoms with Crippen molar-refractivity contribution in [3.05, 3.63) is 101 Å². The molecule has 4 rings (SSSR count). The number of likely N-dealkylation sites (tertiary alicyclic amines) is 1. The molecule has 1 aliphatic rings. The van der Waals surface area contributed by atoms with Crippen molar-refractivity contribution in [2.75, 3.05) is 19.3 Å². The fourth-order valence-electron chi connectivity index (χ4n) is 4.56. The minimum Gasteiger partial charge on any atom is -0.398 e. The van der Waals surface area contributed by atoms with Crippen LogP contribution in [0, 0.1) is 11.3 Å². The number of nitrogens with two attached hydrogens (primary N) is 2. The molecular weight excluding hydrogens is 510 g/mol. The Kier molecular flexibility index (Phi) is 14.3. The number of aryl methyl sites for hydroxylation is 1. The summed E-state index contributed by atoms with van der Waals surface area (Å²) < 4.78 is 0. The molecule has 0 radical (unpaired) electrons. The third kappa shape index (κ3) is 10.2. The summed E-state index contributed by atoms with van der Waals surface area (Å²) in [5.74, 6) is 0.582. The van der Waals surface area contributed by atoms with Crippen LogP contribution in [0.5, 0.6) is 0 Å². The first-order valence-corrected chi connectivity index (χ1v) is 14.5. The standard InChI is InChI=1S/C24H25N3O.C9H17NO.CH5N/c1-2-6-17-9-11-19(12-10-17)23(26)21-15-20(13-14-22(21)25)24(28)27-16-18-7-4-3-5-8-18;1-3-8(2)6-9-4-5-10(9)7-11;1-2/h3-5,7-15,26H,2,6,16,25H2,1H3,(H,27,28);7-9H,3-6H2,1-2H3;2H2,1H3. The number of nitrogens with zero attached hydrogens (tertiary/aromatic N) is 1. The highest BCUT2D eigenvalue weighted by Crippen LogP contribution is 2.23. The predicted molar refractivity (Wildman–Crippen MR) is 170 cm³/mol. The van der Waals surface area contributed by atoms with Gasteiger partial charge in [-0.3, -0.25) is 15.0 Å². The highest BCUT2D eigenvalue weighted by atomic mass is 16.1. The van der Waals surface area contributed by atoms with E-state index in [1.807, 2.05) is 59.5 Å². The Balaban J connectivity index is 0.000000378. The van der Waals surface area contributed by atoms with Crippen LogP contribution in [-0.4, -0.2) is 42.6 Å². The molecule has 220 valence electrons. The zero-order valence-electron chi connectivity index (χ0n) is 25.0. The summed E-state index contributed by atoms with van der Waals surface area (Å²) in [6.45, 7) is 8.03. The molecule has 6 N–H and O–H groups in total. The molecule has 41 heavy (non-hydrogen) atoms. The quantitative estimate of drug-likeness (QED) is 0.135. The summed E-state index contributed by atoms with van der Waals surface area (Å²) in [7, 11) is 1.50. The van der Waals surface area contributed by atoms with Crippen molar-refractivity contribution in [1.82, 2.24) is 10.2 Å². The van der Waals surface area contributed by atoms with E-state index in [-0.39, 0.29) is 5.91 Å². The Bertz CT molecular complexity index is 1230. The van der Waals surface area contributed by atoms with Gasteiger partial charge >= 0.3 is 0 Å². The third-order valence-electron chi connectivity index (χ3n) is 7.36. The van der Waals surface area contributed by atoms with Gasteiger partial charge in [-0.15, -0.1) is 0 Å². The molecule has 2 unspecified atom stereocenters. The average molecular weight is 558 g/mol. The molecule has 7 heteroatoms. The third-order valence-corrected chi connectivity index (χ3v) is 7.36. The zero-order valence-corrected chi connectivity index (χ0v) is 25.0. The normalized spacial score (nSPS) is 14.3. The van der Waals surface area contributed by atoms with Crippen LogP contribution < -0.4 is 16.8 Å². The number of anilines is 1. The SMILES string of the molecule is CCC(C)CC1CCN1C=O.CCCc1ccc(C(=N)c2cc(C(=O)NCc3ccccc3)ccc2N)cc1.CN. The minimum atomic E-state index is -0.184. The molecule has 0 saturated carbocycles. The number of hydrogen-bond donors (Lipinski definition) is 4. The summed E-state index contributed by atoms with van der Waals surface area (Å²) in [6, 6.07) is 23.3. The fourth-order valence-corrected chi connectivity index (χ4v) is 4.56. The number of rotatable bonds is 11. The number of carbonyl (C=O) groups excluding carboxylic acids is 2. The molecule has 3 aromatic rings. The van der Waals surface area contributed by atoms with Gasteiger partial charge in [0, 0.05) is 41.5 Å². The van der Waals surface area contributed by atoms with E-state index in [1.54, 1.807) is 18.2 Å². The van der Waals surface area contributed by atoms with Crippen LogP contribution in [0.25, 0.3) is 0 Å². The van der Waals surface area contributed by atoms with Gasteiger partial charge in [0.15, 0.2) is 0 Å². The number of hydrogen-bond acceptors (Lipinski definition) is 5. The van der Waals surface area contributed by atoms with Crippen molar-refractivity contribution in [3.63, 3.8) is 0 Å². The van der Waals surface area contributed by atoms with Gasteiger partial charge in [0.2, 0.25) is 6.41 Å². The molecule has 0 bridgehead atoms. The average Bonchev–Trinajstić information content (AvgIpc) is 3.00. The Morgan fingerprint density at radius 3 is 2.24 bits per heavy atom. The second-order valence-electron chi connectivity index (χ2n) is 10.3. The minimum absolute atomic E-state index is 0.184. The first kappa shape index (κ1) is 33.2. The van der Waals surface area contributed by atoms with E-state index in [1.165, 1.54) is 31.9 Å². The van der Waals surface area contributed by atoms with Gasteiger partial charge in [-0.25, -0.2) is 0 Å². The van der Waals surface area contributed by atoms with Gasteiger partial charge in [0.05, 0.1) is 5.71 Å². The van der Waals surface area contributed by atoms with Crippen LogP contribution in [0.3, 0.4) is 0 Å². The number of benzene rings is 3. The van der Waals surface area contributed by atoms with Gasteiger partial charge in [-0.05, 0) is 61.6 Å². The molecule has 1 heterocycles. The highest BCUT2D eigenvalue weighted by Gasteiger charge is 2.27. The monoisotopic (exact) mass is 557 g/mol. The van der Waals surface area contributed by atoms with Crippen LogP contribution in [0.4, 0.5) is 5.69 Å². The van der Waals surface area contributed by atoms with E-state index in [9.17, 15) is 9.59 Å². The lowest BCUT2D eigenvalue weighted by molar-refractivity contribution is -0.125. The number of carbonyl (C=O) groups is 2. The Labute approximate surface area is 245 Å². The second kappa shape index (κ2) is 17.7. The second-order valence-corrected chi connectivity index (χ2v) is 10.3. The van der Waals surface area contributed by atoms with Crippen molar-refractivity contribution in [1.29, 1.82) is 5.41 Å². The van der Waals surface area contributed by atoms with Crippen molar-refractivity contribution < 1.29 is 9.59 Å². The van der Waals surface area contributed by atoms with Gasteiger partial charge in [-0.2, -0.15) is 0 Å². The van der Waals surface area contributed by atoms with E-state index in [4.69, 9.17) is 11.1 Å². The smallest absolute Gasteiger partial charge is 0.251 e. The summed E-state index contributed by atoms with van der Waals surface area (Å²) in [4.78, 5) is 24.8. The van der Waals surface area contributed by atoms with Crippen LogP contribution in [-0.2, 0) is 17.8 Å². The fraction of sp³-hybridized carbons (Fsp3) is 0.382. The summed E-state index contributed by atoms with van der Waals surface area (Å²) >= 11 is 0. The molecule has 0 aromatic heterocycles. The van der Waals surface area contributed by atoms with Crippen LogP contribution in [0.1, 0.15) is 79.1 Å². The number of nitrogen functional groups attached to an aromatic ring is 1. The molecule has 2 amide bonds. The van der Waals surface area contributed by atoms with Crippen molar-refractivity contribution in [2.24, 2.45) is 11.7 Å². The largest absolute Gasteiger partial charge is 0.398 e. The molecule has 7 nitrogen and oxygen atoms in total. The van der Waals surface area contributed by atoms with Gasteiger partial charge in [0.1, 0.15) is 0 Å². The number of nitrogens with one attached hydrogen (secondary N) is 2. The molecule has 1 aliphatic heterocycles. The first-order valence-electron chi connectivity index (χ1n) is 14.5. The van der Waals surface area contributed by atoms with E-state index < -0.39 is 0 Å². The van der Waals surface area contributed by atoms with Crippen molar-refractivity contribution in [2.45, 2.75) is 65.5 Å². The zero-order chi connectivity index (χ0) is 30.2. The van der Waals surface area contributed by atoms with Crippen LogP contribution in [0.15, 0.2) is 72.8 Å². The van der Waals surface area contributed by atoms with Gasteiger partial charge in [-0.1, -0.05) is 88.2 Å². The Hall–Kier alpha value is -3.97. The summed E-state index contributed by atoms with van der Waals surface area (Å²) in [5, 5.41) is 11.5. The summed E-state index contributed by atoms with van der Waals surface area (Å²) in [6.07, 6.45) is 6.72. The molecule has 1 fully saturated rings. The maximum atomic E-state index is 12.5. The molecule has 0 aliphatic carbocycles. The van der Waals surface area contributed by atoms with Crippen molar-refractivity contribution in [3.8, 4) is 0 Å². The van der Waals surface area contributed by atoms with E-state index in [2.05, 4.69) is 31.8 Å². The van der Waals surface area contributed by atoms with Crippen LogP contribution >= 0.6 is 0 Å². The lowest BCUT2D eigenvalue weighted by Gasteiger charge is -2.39. The maximum Gasteiger partial charge on any atom is 0.251 e. The van der Waals surface area contributed by atoms with E-state index >= 15 is 0 Å². The molecule has 0 spiro atoms. The number of amides is 2. The topological polar surface area (TPSA) is 125 Å². The summed E-state index contributed by atoms with van der Waals surface area (Å²) in [5.41, 5.74) is 15.5. The Morgan fingerprint density at radius 2 is 1.68 bits per heavy atom. The maximum absolute atomic E-state index is 12.5. The first-order chi connectivity index (χ1) is 19.9. The lowest BCUT2D eigenvalue weighted by atomic mass is 9.92. The van der Waals surface area contributed by atoms with Crippen LogP contribution in [0.2, 0.25) is 0 Å². The molecule has 3 aromatic carbocycles. The lowest BCUT2D eigenvalue weighted by Crippen LogP contribution is -2.47. The van der Waals surface area contributed by atoms with E-state index in [0.29, 0.717) is 35.1 Å². The van der Waals surface area contributed by atoms with Gasteiger partial charge < -0.3 is 21.7 Å². The van der Waals surface area contributed by atoms with E-state index in [0.717, 1.165) is 42.8 Å². The Morgan fingerprint density at radius 1 is 1.02 bits per heavy atom. The van der Waals surface area contributed by atoms with Gasteiger partial charge in [0.25, 0.3) is 5.91 Å². The molecule has 2 atom stereocenters. The highest BCUT2D eigenvalue weighted by molar-refractivity contribution is 6.14. The molecule has 1 saturated heterocycles. The van der Waals surface area contributed by atoms with Crippen molar-refractivity contribution >= 4 is 23.7 Å². The molecular formula is C34H47N5O2.